The fourth-order valence-corrected chi connectivity index (χ4v) is 2.67. The molecule has 0 aliphatic rings. The minimum Gasteiger partial charge on any atom is -0.385 e. The van der Waals surface area contributed by atoms with Gasteiger partial charge in [-0.1, -0.05) is 0 Å². The third-order valence-corrected chi connectivity index (χ3v) is 4.20. The van der Waals surface area contributed by atoms with Crippen molar-refractivity contribution in [2.24, 2.45) is 0 Å². The number of aryl methyl sites for hydroxylation is 1. The van der Waals surface area contributed by atoms with Gasteiger partial charge in [0.2, 0.25) is 0 Å². The normalized spacial score (nSPS) is 12.1. The Morgan fingerprint density at radius 2 is 2.15 bits per heavy atom. The molecule has 112 valence electrons. The Hall–Kier alpha value is -1.16. The van der Waals surface area contributed by atoms with Gasteiger partial charge in [0.25, 0.3) is 5.91 Å². The number of carbonyl (C=O) groups is 1. The van der Waals surface area contributed by atoms with Crippen molar-refractivity contribution in [2.75, 3.05) is 30.9 Å². The molecule has 1 N–H and O–H groups in total. The van der Waals surface area contributed by atoms with Crippen LogP contribution < -0.4 is 5.32 Å². The molecule has 1 atom stereocenters. The van der Waals surface area contributed by atoms with Crippen LogP contribution in [0.3, 0.4) is 0 Å². The summed E-state index contributed by atoms with van der Waals surface area (Å²) in [6, 6.07) is 6.21. The van der Waals surface area contributed by atoms with Gasteiger partial charge in [0.15, 0.2) is 0 Å². The second-order valence-corrected chi connectivity index (χ2v) is 6.09. The van der Waals surface area contributed by atoms with Crippen LogP contribution in [0.2, 0.25) is 0 Å². The first-order valence-electron chi connectivity index (χ1n) is 7.11. The van der Waals surface area contributed by atoms with Gasteiger partial charge in [-0.3, -0.25) is 4.79 Å². The number of thioether (sulfide) groups is 1. The highest BCUT2D eigenvalue weighted by Gasteiger charge is 2.18. The molecule has 0 fully saturated rings. The smallest absolute Gasteiger partial charge is 0.254 e. The number of hydrogen-bond acceptors (Lipinski definition) is 3. The van der Waals surface area contributed by atoms with E-state index in [1.807, 2.05) is 48.8 Å². The minimum absolute atomic E-state index is 0.110. The van der Waals surface area contributed by atoms with Crippen LogP contribution in [0.25, 0.3) is 0 Å². The molecule has 20 heavy (non-hydrogen) atoms. The van der Waals surface area contributed by atoms with E-state index in [0.29, 0.717) is 0 Å². The van der Waals surface area contributed by atoms with Crippen molar-refractivity contribution in [3.63, 3.8) is 0 Å². The Morgan fingerprint density at radius 1 is 1.45 bits per heavy atom. The highest BCUT2D eigenvalue weighted by molar-refractivity contribution is 7.98. The van der Waals surface area contributed by atoms with Gasteiger partial charge in [-0.15, -0.1) is 0 Å². The van der Waals surface area contributed by atoms with Crippen molar-refractivity contribution in [1.29, 1.82) is 0 Å². The van der Waals surface area contributed by atoms with Gasteiger partial charge < -0.3 is 10.2 Å². The van der Waals surface area contributed by atoms with E-state index < -0.39 is 0 Å². The maximum atomic E-state index is 12.5. The van der Waals surface area contributed by atoms with Crippen molar-refractivity contribution in [1.82, 2.24) is 4.90 Å². The molecule has 0 heterocycles. The first-order chi connectivity index (χ1) is 9.51. The number of benzene rings is 1. The number of anilines is 1. The van der Waals surface area contributed by atoms with Crippen molar-refractivity contribution < 1.29 is 4.79 Å². The van der Waals surface area contributed by atoms with Crippen LogP contribution in [0.1, 0.15) is 36.2 Å². The molecule has 1 aromatic rings. The molecule has 0 aromatic heterocycles. The largest absolute Gasteiger partial charge is 0.385 e. The molecule has 4 heteroatoms. The first-order valence-corrected chi connectivity index (χ1v) is 8.51. The molecule has 1 amide bonds. The van der Waals surface area contributed by atoms with Crippen LogP contribution in [-0.2, 0) is 0 Å². The molecular formula is C16H26N2OS. The minimum atomic E-state index is 0.110. The lowest BCUT2D eigenvalue weighted by Crippen LogP contribution is -2.35. The number of rotatable bonds is 7. The lowest BCUT2D eigenvalue weighted by Gasteiger charge is -2.25. The third kappa shape index (κ3) is 4.44. The fraction of sp³-hybridized carbons (Fsp3) is 0.562. The molecular weight excluding hydrogens is 268 g/mol. The Morgan fingerprint density at radius 3 is 2.70 bits per heavy atom. The Balaban J connectivity index is 2.80. The summed E-state index contributed by atoms with van der Waals surface area (Å²) in [6.45, 7) is 7.05. The van der Waals surface area contributed by atoms with Gasteiger partial charge >= 0.3 is 0 Å². The zero-order valence-corrected chi connectivity index (χ0v) is 14.0. The summed E-state index contributed by atoms with van der Waals surface area (Å²) in [5.74, 6) is 1.19. The van der Waals surface area contributed by atoms with Gasteiger partial charge in [-0.25, -0.2) is 0 Å². The second kappa shape index (κ2) is 8.20. The number of hydrogen-bond donors (Lipinski definition) is 1. The average Bonchev–Trinajstić information content (AvgIpc) is 2.43. The molecule has 1 aromatic carbocycles. The van der Waals surface area contributed by atoms with Crippen LogP contribution in [0.15, 0.2) is 18.2 Å². The Bertz CT molecular complexity index is 448. The number of carbonyl (C=O) groups excluding carboxylic acids is 1. The van der Waals surface area contributed by atoms with Crippen molar-refractivity contribution in [3.05, 3.63) is 29.3 Å². The molecule has 0 spiro atoms. The molecule has 0 aliphatic heterocycles. The van der Waals surface area contributed by atoms with Crippen molar-refractivity contribution in [2.45, 2.75) is 33.2 Å². The summed E-state index contributed by atoms with van der Waals surface area (Å²) in [5.41, 5.74) is 2.89. The maximum absolute atomic E-state index is 12.5. The summed E-state index contributed by atoms with van der Waals surface area (Å²) < 4.78 is 0. The van der Waals surface area contributed by atoms with Gasteiger partial charge in [-0.05, 0) is 63.0 Å². The lowest BCUT2D eigenvalue weighted by atomic mass is 10.1. The third-order valence-electron chi connectivity index (χ3n) is 3.56. The zero-order chi connectivity index (χ0) is 15.1. The molecule has 0 saturated heterocycles. The summed E-state index contributed by atoms with van der Waals surface area (Å²) in [6.07, 6.45) is 3.12. The maximum Gasteiger partial charge on any atom is 0.254 e. The van der Waals surface area contributed by atoms with E-state index in [-0.39, 0.29) is 11.9 Å². The van der Waals surface area contributed by atoms with E-state index in [4.69, 9.17) is 0 Å². The summed E-state index contributed by atoms with van der Waals surface area (Å²) >= 11 is 1.82. The Labute approximate surface area is 127 Å². The van der Waals surface area contributed by atoms with Crippen LogP contribution >= 0.6 is 11.8 Å². The van der Waals surface area contributed by atoms with Gasteiger partial charge in [0, 0.05) is 30.9 Å². The van der Waals surface area contributed by atoms with Gasteiger partial charge in [0.1, 0.15) is 0 Å². The predicted molar refractivity (Wildman–Crippen MR) is 89.9 cm³/mol. The van der Waals surface area contributed by atoms with Crippen LogP contribution in [-0.4, -0.2) is 42.4 Å². The van der Waals surface area contributed by atoms with Crippen molar-refractivity contribution in [3.8, 4) is 0 Å². The zero-order valence-electron chi connectivity index (χ0n) is 13.2. The molecule has 1 rings (SSSR count). The predicted octanol–water partition coefficient (Wildman–Crippen LogP) is 3.64. The number of nitrogens with zero attached hydrogens (tertiary/aromatic N) is 1. The monoisotopic (exact) mass is 294 g/mol. The van der Waals surface area contributed by atoms with Crippen LogP contribution in [0.4, 0.5) is 5.69 Å². The summed E-state index contributed by atoms with van der Waals surface area (Å²) in [4.78, 5) is 14.4. The van der Waals surface area contributed by atoms with E-state index in [0.717, 1.165) is 35.5 Å². The van der Waals surface area contributed by atoms with E-state index in [1.54, 1.807) is 0 Å². The number of amides is 1. The molecule has 0 saturated carbocycles. The standard InChI is InChI=1S/C16H26N2OS/c1-6-17-14-7-8-15(12(2)11-14)16(19)18(4)13(3)9-10-20-5/h7-8,11,13,17H,6,9-10H2,1-5H3. The topological polar surface area (TPSA) is 32.3 Å². The summed E-state index contributed by atoms with van der Waals surface area (Å²) in [5, 5.41) is 3.27. The highest BCUT2D eigenvalue weighted by atomic mass is 32.2. The first kappa shape index (κ1) is 16.9. The van der Waals surface area contributed by atoms with Gasteiger partial charge in [-0.2, -0.15) is 11.8 Å². The lowest BCUT2D eigenvalue weighted by molar-refractivity contribution is 0.0740. The summed E-state index contributed by atoms with van der Waals surface area (Å²) in [7, 11) is 1.89. The Kier molecular flexibility index (Phi) is 6.93. The molecule has 1 unspecified atom stereocenters. The van der Waals surface area contributed by atoms with E-state index >= 15 is 0 Å². The highest BCUT2D eigenvalue weighted by Crippen LogP contribution is 2.18. The SMILES string of the molecule is CCNc1ccc(C(=O)N(C)C(C)CCSC)c(C)c1. The number of nitrogens with one attached hydrogen (secondary N) is 1. The molecule has 3 nitrogen and oxygen atoms in total. The quantitative estimate of drug-likeness (QED) is 0.833. The fourth-order valence-electron chi connectivity index (χ4n) is 2.09. The van der Waals surface area contributed by atoms with E-state index in [2.05, 4.69) is 25.4 Å². The van der Waals surface area contributed by atoms with Crippen molar-refractivity contribution >= 4 is 23.4 Å². The van der Waals surface area contributed by atoms with Gasteiger partial charge in [0.05, 0.1) is 0 Å². The van der Waals surface area contributed by atoms with Crippen LogP contribution in [0.5, 0.6) is 0 Å². The van der Waals surface area contributed by atoms with Crippen LogP contribution in [0, 0.1) is 6.92 Å². The second-order valence-electron chi connectivity index (χ2n) is 5.11. The molecule has 0 radical (unpaired) electrons. The molecule has 0 aliphatic carbocycles. The molecule has 0 bridgehead atoms. The van der Waals surface area contributed by atoms with E-state index in [1.165, 1.54) is 0 Å². The van der Waals surface area contributed by atoms with E-state index in [9.17, 15) is 4.79 Å². The average molecular weight is 294 g/mol.